The minimum absolute atomic E-state index is 0.764. The molecule has 0 spiro atoms. The molecule has 68 valence electrons. The Bertz CT molecular complexity index is 423. The number of aryl methyl sites for hydroxylation is 1. The van der Waals surface area contributed by atoms with Gasteiger partial charge in [0.1, 0.15) is 0 Å². The van der Waals surface area contributed by atoms with Crippen molar-refractivity contribution in [1.82, 2.24) is 14.6 Å². The van der Waals surface area contributed by atoms with Crippen molar-refractivity contribution in [3.63, 3.8) is 0 Å². The Hall–Kier alpha value is -1.62. The average molecular weight is 178 g/mol. The van der Waals surface area contributed by atoms with Crippen molar-refractivity contribution in [3.05, 3.63) is 24.0 Å². The highest BCUT2D eigenvalue weighted by atomic mass is 16.6. The van der Waals surface area contributed by atoms with E-state index in [0.717, 1.165) is 17.2 Å². The van der Waals surface area contributed by atoms with Crippen LogP contribution in [0.25, 0.3) is 5.65 Å². The predicted octanol–water partition coefficient (Wildman–Crippen LogP) is 1.01. The third-order valence-electron chi connectivity index (χ3n) is 1.69. The molecule has 0 radical (unpaired) electrons. The second-order valence-electron chi connectivity index (χ2n) is 2.69. The lowest BCUT2D eigenvalue weighted by Crippen LogP contribution is -2.03. The van der Waals surface area contributed by atoms with Gasteiger partial charge in [0.15, 0.2) is 11.5 Å². The Morgan fingerprint density at radius 3 is 3.15 bits per heavy atom. The molecular weight excluding hydrogens is 168 g/mol. The summed E-state index contributed by atoms with van der Waals surface area (Å²) in [4.78, 5) is 8.96. The molecule has 0 unspecified atom stereocenters. The summed E-state index contributed by atoms with van der Waals surface area (Å²) in [5, 5.41) is 4.24. The molecule has 0 aliphatic heterocycles. The average Bonchev–Trinajstić information content (AvgIpc) is 2.47. The Morgan fingerprint density at radius 2 is 2.38 bits per heavy atom. The third kappa shape index (κ3) is 1.33. The Labute approximate surface area is 75.3 Å². The number of rotatable bonds is 2. The maximum atomic E-state index is 4.81. The highest BCUT2D eigenvalue weighted by Crippen LogP contribution is 2.09. The lowest BCUT2D eigenvalue weighted by molar-refractivity contribution is 0.268. The number of fused-ring (bicyclic) bond motifs is 1. The summed E-state index contributed by atoms with van der Waals surface area (Å²) in [7, 11) is 1.56. The van der Waals surface area contributed by atoms with Crippen LogP contribution in [-0.4, -0.2) is 21.7 Å². The zero-order valence-corrected chi connectivity index (χ0v) is 7.48. The van der Waals surface area contributed by atoms with Gasteiger partial charge in [0, 0.05) is 18.3 Å². The zero-order chi connectivity index (χ0) is 9.26. The van der Waals surface area contributed by atoms with Crippen LogP contribution in [0.15, 0.2) is 18.3 Å². The van der Waals surface area contributed by atoms with Gasteiger partial charge < -0.3 is 0 Å². The normalized spacial score (nSPS) is 10.6. The van der Waals surface area contributed by atoms with E-state index >= 15 is 0 Å². The first-order chi connectivity index (χ1) is 6.31. The molecule has 0 aliphatic carbocycles. The van der Waals surface area contributed by atoms with Gasteiger partial charge in [-0.3, -0.25) is 4.84 Å². The second kappa shape index (κ2) is 3.02. The van der Waals surface area contributed by atoms with E-state index in [1.165, 1.54) is 0 Å². The molecule has 0 aliphatic rings. The van der Waals surface area contributed by atoms with Crippen LogP contribution in [0.5, 0.6) is 0 Å². The van der Waals surface area contributed by atoms with Crippen molar-refractivity contribution in [2.24, 2.45) is 0 Å². The molecule has 0 saturated carbocycles. The second-order valence-corrected chi connectivity index (χ2v) is 2.69. The van der Waals surface area contributed by atoms with Crippen LogP contribution < -0.4 is 5.48 Å². The predicted molar refractivity (Wildman–Crippen MR) is 48.4 cm³/mol. The van der Waals surface area contributed by atoms with Crippen LogP contribution in [-0.2, 0) is 4.84 Å². The van der Waals surface area contributed by atoms with Crippen LogP contribution in [0.2, 0.25) is 0 Å². The fourth-order valence-corrected chi connectivity index (χ4v) is 1.19. The SMILES string of the molecule is CONc1ccnc2cc(C)nn12. The van der Waals surface area contributed by atoms with Crippen molar-refractivity contribution in [2.45, 2.75) is 6.92 Å². The van der Waals surface area contributed by atoms with E-state index in [-0.39, 0.29) is 0 Å². The van der Waals surface area contributed by atoms with Gasteiger partial charge in [-0.2, -0.15) is 9.61 Å². The molecule has 0 bridgehead atoms. The summed E-state index contributed by atoms with van der Waals surface area (Å²) >= 11 is 0. The fraction of sp³-hybridized carbons (Fsp3) is 0.250. The summed E-state index contributed by atoms with van der Waals surface area (Å²) in [6.45, 7) is 1.92. The van der Waals surface area contributed by atoms with E-state index in [9.17, 15) is 0 Å². The Balaban J connectivity index is 2.60. The van der Waals surface area contributed by atoms with Gasteiger partial charge >= 0.3 is 0 Å². The smallest absolute Gasteiger partial charge is 0.157 e. The molecule has 0 fully saturated rings. The van der Waals surface area contributed by atoms with Gasteiger partial charge in [-0.15, -0.1) is 0 Å². The molecule has 2 aromatic heterocycles. The zero-order valence-electron chi connectivity index (χ0n) is 7.48. The van der Waals surface area contributed by atoms with E-state index in [0.29, 0.717) is 0 Å². The standard InChI is InChI=1S/C8H10N4O/c1-6-5-8-9-4-3-7(11-13-2)12(8)10-6/h3-5,11H,1-2H3. The van der Waals surface area contributed by atoms with Crippen molar-refractivity contribution in [2.75, 3.05) is 12.6 Å². The lowest BCUT2D eigenvalue weighted by Gasteiger charge is -2.03. The first-order valence-corrected chi connectivity index (χ1v) is 3.91. The van der Waals surface area contributed by atoms with Gasteiger partial charge in [-0.05, 0) is 6.92 Å². The monoisotopic (exact) mass is 178 g/mol. The molecule has 1 N–H and O–H groups in total. The molecule has 0 amide bonds. The van der Waals surface area contributed by atoms with Crippen LogP contribution in [0.4, 0.5) is 5.82 Å². The number of aromatic nitrogens is 3. The molecular formula is C8H10N4O. The summed E-state index contributed by atoms with van der Waals surface area (Å²) in [5.41, 5.74) is 4.46. The summed E-state index contributed by atoms with van der Waals surface area (Å²) < 4.78 is 1.69. The molecule has 13 heavy (non-hydrogen) atoms. The maximum absolute atomic E-state index is 4.81. The Kier molecular flexibility index (Phi) is 1.86. The number of nitrogens with zero attached hydrogens (tertiary/aromatic N) is 3. The fourth-order valence-electron chi connectivity index (χ4n) is 1.19. The van der Waals surface area contributed by atoms with Crippen molar-refractivity contribution in [3.8, 4) is 0 Å². The molecule has 0 aromatic carbocycles. The highest BCUT2D eigenvalue weighted by Gasteiger charge is 2.02. The van der Waals surface area contributed by atoms with Gasteiger partial charge in [0.25, 0.3) is 0 Å². The van der Waals surface area contributed by atoms with Crippen LogP contribution >= 0.6 is 0 Å². The number of hydrogen-bond acceptors (Lipinski definition) is 4. The van der Waals surface area contributed by atoms with Crippen LogP contribution in [0.3, 0.4) is 0 Å². The molecule has 2 rings (SSSR count). The summed E-state index contributed by atoms with van der Waals surface area (Å²) in [6, 6.07) is 3.70. The van der Waals surface area contributed by atoms with Gasteiger partial charge in [0.05, 0.1) is 12.8 Å². The molecule has 0 atom stereocenters. The van der Waals surface area contributed by atoms with Crippen molar-refractivity contribution < 1.29 is 4.84 Å². The lowest BCUT2D eigenvalue weighted by atomic mass is 10.5. The Morgan fingerprint density at radius 1 is 1.54 bits per heavy atom. The van der Waals surface area contributed by atoms with E-state index in [2.05, 4.69) is 15.6 Å². The van der Waals surface area contributed by atoms with Crippen molar-refractivity contribution in [1.29, 1.82) is 0 Å². The summed E-state index contributed by atoms with van der Waals surface area (Å²) in [5.74, 6) is 0.764. The molecule has 2 heterocycles. The first kappa shape index (κ1) is 8.00. The number of hydrogen-bond donors (Lipinski definition) is 1. The maximum Gasteiger partial charge on any atom is 0.157 e. The third-order valence-corrected chi connectivity index (χ3v) is 1.69. The van der Waals surface area contributed by atoms with Crippen molar-refractivity contribution >= 4 is 11.5 Å². The number of anilines is 1. The minimum atomic E-state index is 0.764. The topological polar surface area (TPSA) is 51.5 Å². The van der Waals surface area contributed by atoms with E-state index in [4.69, 9.17) is 4.84 Å². The number of nitrogens with one attached hydrogen (secondary N) is 1. The molecule has 5 nitrogen and oxygen atoms in total. The van der Waals surface area contributed by atoms with E-state index < -0.39 is 0 Å². The highest BCUT2D eigenvalue weighted by molar-refractivity contribution is 5.47. The molecule has 2 aromatic rings. The first-order valence-electron chi connectivity index (χ1n) is 3.91. The van der Waals surface area contributed by atoms with Crippen LogP contribution in [0.1, 0.15) is 5.69 Å². The van der Waals surface area contributed by atoms with Gasteiger partial charge in [-0.25, -0.2) is 10.5 Å². The molecule has 5 heteroatoms. The quantitative estimate of drug-likeness (QED) is 0.697. The van der Waals surface area contributed by atoms with Gasteiger partial charge in [-0.1, -0.05) is 0 Å². The largest absolute Gasteiger partial charge is 0.278 e. The van der Waals surface area contributed by atoms with Gasteiger partial charge in [0.2, 0.25) is 0 Å². The van der Waals surface area contributed by atoms with E-state index in [1.54, 1.807) is 23.9 Å². The van der Waals surface area contributed by atoms with Crippen LogP contribution in [0, 0.1) is 6.92 Å². The van der Waals surface area contributed by atoms with E-state index in [1.807, 2.05) is 13.0 Å². The summed E-state index contributed by atoms with van der Waals surface area (Å²) in [6.07, 6.45) is 1.71. The molecule has 0 saturated heterocycles. The minimum Gasteiger partial charge on any atom is -0.278 e.